The maximum atomic E-state index is 13.4. The van der Waals surface area contributed by atoms with Crippen molar-refractivity contribution in [2.75, 3.05) is 7.11 Å². The van der Waals surface area contributed by atoms with E-state index in [0.717, 1.165) is 22.4 Å². The zero-order chi connectivity index (χ0) is 22.3. The number of hydrogen-bond donors (Lipinski definition) is 0. The first-order valence-corrected chi connectivity index (χ1v) is 10.9. The van der Waals surface area contributed by atoms with Gasteiger partial charge in [-0.2, -0.15) is 0 Å². The summed E-state index contributed by atoms with van der Waals surface area (Å²) >= 11 is 0. The molecule has 0 aromatic heterocycles. The van der Waals surface area contributed by atoms with E-state index in [1.807, 2.05) is 96.8 Å². The van der Waals surface area contributed by atoms with Crippen LogP contribution >= 0.6 is 0 Å². The van der Waals surface area contributed by atoms with Crippen LogP contribution in [0.4, 0.5) is 0 Å². The van der Waals surface area contributed by atoms with E-state index in [-0.39, 0.29) is 18.1 Å². The third-order valence-corrected chi connectivity index (χ3v) is 5.86. The van der Waals surface area contributed by atoms with E-state index >= 15 is 0 Å². The Morgan fingerprint density at radius 2 is 1.31 bits per heavy atom. The van der Waals surface area contributed by atoms with Gasteiger partial charge in [-0.25, -0.2) is 0 Å². The smallest absolute Gasteiger partial charge is 0.255 e. The van der Waals surface area contributed by atoms with E-state index in [9.17, 15) is 4.79 Å². The summed E-state index contributed by atoms with van der Waals surface area (Å²) in [6.07, 6.45) is -1.00. The van der Waals surface area contributed by atoms with Gasteiger partial charge in [0.1, 0.15) is 11.9 Å². The van der Waals surface area contributed by atoms with Crippen LogP contribution in [-0.4, -0.2) is 36.2 Å². The third kappa shape index (κ3) is 5.18. The summed E-state index contributed by atoms with van der Waals surface area (Å²) in [5, 5.41) is 0. The molecule has 3 aromatic rings. The minimum absolute atomic E-state index is 0.0395. The molecule has 0 spiro atoms. The Kier molecular flexibility index (Phi) is 7.20. The number of carbonyl (C=O) groups is 1. The van der Waals surface area contributed by atoms with Gasteiger partial charge in [0.2, 0.25) is 0 Å². The number of benzene rings is 3. The van der Waals surface area contributed by atoms with Gasteiger partial charge < -0.3 is 19.1 Å². The Bertz CT molecular complexity index is 991. The molecule has 0 saturated carbocycles. The molecule has 0 bridgehead atoms. The Balaban J connectivity index is 1.50. The molecule has 4 rings (SSSR count). The maximum absolute atomic E-state index is 13.4. The van der Waals surface area contributed by atoms with Crippen molar-refractivity contribution in [1.82, 2.24) is 4.90 Å². The van der Waals surface area contributed by atoms with Crippen LogP contribution in [0.25, 0.3) is 0 Å². The fraction of sp³-hybridized carbons (Fsp3) is 0.296. The summed E-state index contributed by atoms with van der Waals surface area (Å²) in [7, 11) is 1.64. The van der Waals surface area contributed by atoms with Crippen molar-refractivity contribution in [3.05, 3.63) is 102 Å². The Morgan fingerprint density at radius 3 is 1.88 bits per heavy atom. The number of ether oxygens (including phenoxy) is 3. The SMILES string of the molecule is COc1ccc(CN2C(=O)[C@@H](OCc3ccccc3)[C@H](OCc3ccccc3)[C@H]2C)cc1. The van der Waals surface area contributed by atoms with Crippen LogP contribution in [0.3, 0.4) is 0 Å². The molecule has 1 saturated heterocycles. The molecule has 0 N–H and O–H groups in total. The molecule has 32 heavy (non-hydrogen) atoms. The van der Waals surface area contributed by atoms with E-state index in [1.165, 1.54) is 0 Å². The molecular weight excluding hydrogens is 402 g/mol. The quantitative estimate of drug-likeness (QED) is 0.497. The van der Waals surface area contributed by atoms with Gasteiger partial charge in [-0.3, -0.25) is 4.79 Å². The molecule has 3 atom stereocenters. The molecular formula is C27H29NO4. The van der Waals surface area contributed by atoms with E-state index in [4.69, 9.17) is 14.2 Å². The van der Waals surface area contributed by atoms with E-state index in [0.29, 0.717) is 19.8 Å². The molecule has 1 aliphatic heterocycles. The highest BCUT2D eigenvalue weighted by Gasteiger charge is 2.47. The van der Waals surface area contributed by atoms with Crippen LogP contribution in [0.1, 0.15) is 23.6 Å². The fourth-order valence-corrected chi connectivity index (χ4v) is 4.00. The van der Waals surface area contributed by atoms with Gasteiger partial charge in [-0.1, -0.05) is 72.8 Å². The third-order valence-electron chi connectivity index (χ3n) is 5.86. The molecule has 5 nitrogen and oxygen atoms in total. The number of nitrogens with zero attached hydrogens (tertiary/aromatic N) is 1. The van der Waals surface area contributed by atoms with Crippen molar-refractivity contribution in [3.8, 4) is 5.75 Å². The molecule has 1 amide bonds. The monoisotopic (exact) mass is 431 g/mol. The van der Waals surface area contributed by atoms with Gasteiger partial charge in [0.05, 0.1) is 26.4 Å². The van der Waals surface area contributed by atoms with Crippen molar-refractivity contribution in [2.45, 2.75) is 44.9 Å². The van der Waals surface area contributed by atoms with Gasteiger partial charge in [0.25, 0.3) is 5.91 Å². The lowest BCUT2D eigenvalue weighted by atomic mass is 10.1. The van der Waals surface area contributed by atoms with Gasteiger partial charge in [-0.05, 0) is 35.7 Å². The largest absolute Gasteiger partial charge is 0.497 e. The first-order chi connectivity index (χ1) is 15.7. The van der Waals surface area contributed by atoms with Gasteiger partial charge >= 0.3 is 0 Å². The van der Waals surface area contributed by atoms with Crippen molar-refractivity contribution in [1.29, 1.82) is 0 Å². The number of carbonyl (C=O) groups excluding carboxylic acids is 1. The fourth-order valence-electron chi connectivity index (χ4n) is 4.00. The molecule has 3 aromatic carbocycles. The van der Waals surface area contributed by atoms with Crippen molar-refractivity contribution in [2.24, 2.45) is 0 Å². The normalized spacial score (nSPS) is 20.5. The zero-order valence-electron chi connectivity index (χ0n) is 18.5. The second-order valence-electron chi connectivity index (χ2n) is 8.03. The minimum Gasteiger partial charge on any atom is -0.497 e. The molecule has 1 fully saturated rings. The first kappa shape index (κ1) is 22.1. The Labute approximate surface area is 189 Å². The topological polar surface area (TPSA) is 48.0 Å². The summed E-state index contributed by atoms with van der Waals surface area (Å²) in [6, 6.07) is 27.6. The lowest BCUT2D eigenvalue weighted by Crippen LogP contribution is -2.35. The van der Waals surface area contributed by atoms with Gasteiger partial charge in [0.15, 0.2) is 6.10 Å². The molecule has 0 aliphatic carbocycles. The average molecular weight is 432 g/mol. The van der Waals surface area contributed by atoms with Gasteiger partial charge in [0, 0.05) is 6.54 Å². The second kappa shape index (κ2) is 10.4. The Hall–Kier alpha value is -3.15. The summed E-state index contributed by atoms with van der Waals surface area (Å²) in [5.74, 6) is 0.755. The minimum atomic E-state index is -0.646. The van der Waals surface area contributed by atoms with Crippen LogP contribution in [0.2, 0.25) is 0 Å². The lowest BCUT2D eigenvalue weighted by Gasteiger charge is -2.25. The zero-order valence-corrected chi connectivity index (χ0v) is 18.5. The van der Waals surface area contributed by atoms with E-state index in [1.54, 1.807) is 7.11 Å². The van der Waals surface area contributed by atoms with E-state index < -0.39 is 6.10 Å². The maximum Gasteiger partial charge on any atom is 0.255 e. The highest BCUT2D eigenvalue weighted by Crippen LogP contribution is 2.29. The molecule has 166 valence electrons. The molecule has 1 aliphatic rings. The predicted octanol–water partition coefficient (Wildman–Crippen LogP) is 4.60. The lowest BCUT2D eigenvalue weighted by molar-refractivity contribution is -0.142. The summed E-state index contributed by atoms with van der Waals surface area (Å²) < 4.78 is 17.7. The Morgan fingerprint density at radius 1 is 0.750 bits per heavy atom. The van der Waals surface area contributed by atoms with Crippen molar-refractivity contribution >= 4 is 5.91 Å². The summed E-state index contributed by atoms with van der Waals surface area (Å²) in [5.41, 5.74) is 3.14. The van der Waals surface area contributed by atoms with Crippen molar-refractivity contribution < 1.29 is 19.0 Å². The van der Waals surface area contributed by atoms with Crippen LogP contribution in [0.15, 0.2) is 84.9 Å². The summed E-state index contributed by atoms with van der Waals surface area (Å²) in [4.78, 5) is 15.2. The first-order valence-electron chi connectivity index (χ1n) is 10.9. The van der Waals surface area contributed by atoms with Crippen LogP contribution in [0.5, 0.6) is 5.75 Å². The number of rotatable bonds is 9. The van der Waals surface area contributed by atoms with Crippen LogP contribution in [-0.2, 0) is 34.0 Å². The highest BCUT2D eigenvalue weighted by atomic mass is 16.5. The van der Waals surface area contributed by atoms with Crippen LogP contribution in [0, 0.1) is 0 Å². The molecule has 0 radical (unpaired) electrons. The highest BCUT2D eigenvalue weighted by molar-refractivity contribution is 5.84. The number of methoxy groups -OCH3 is 1. The number of hydrogen-bond acceptors (Lipinski definition) is 4. The predicted molar refractivity (Wildman–Crippen MR) is 123 cm³/mol. The van der Waals surface area contributed by atoms with Crippen molar-refractivity contribution in [3.63, 3.8) is 0 Å². The molecule has 5 heteroatoms. The van der Waals surface area contributed by atoms with Crippen LogP contribution < -0.4 is 4.74 Å². The van der Waals surface area contributed by atoms with E-state index in [2.05, 4.69) is 0 Å². The molecule has 1 heterocycles. The standard InChI is InChI=1S/C27H29NO4/c1-20-25(31-18-22-9-5-3-6-10-22)26(32-19-23-11-7-4-8-12-23)27(29)28(20)17-21-13-15-24(30-2)16-14-21/h3-16,20,25-26H,17-19H2,1-2H3/t20-,25-,26+/m1/s1. The number of likely N-dealkylation sites (tertiary alicyclic amines) is 1. The average Bonchev–Trinajstić information content (AvgIpc) is 3.06. The molecule has 0 unspecified atom stereocenters. The van der Waals surface area contributed by atoms with Gasteiger partial charge in [-0.15, -0.1) is 0 Å². The summed E-state index contributed by atoms with van der Waals surface area (Å²) in [6.45, 7) is 3.33. The number of amides is 1. The second-order valence-corrected chi connectivity index (χ2v) is 8.03.